The fourth-order valence-corrected chi connectivity index (χ4v) is 4.54. The van der Waals surface area contributed by atoms with E-state index in [1.54, 1.807) is 17.8 Å². The molecule has 26 heavy (non-hydrogen) atoms. The standard InChI is InChI=1S/C19H16N2O3S2/c22-18(14-10-16-15(8-9-25-16)21-19(14)23)20-11-13-6-7-17(26-13)24-12-4-2-1-3-5-12/h1-7,10H,8-9,11H2,(H,20,22)(H,21,23). The molecule has 2 N–H and O–H groups in total. The van der Waals surface area contributed by atoms with Crippen molar-refractivity contribution in [2.75, 3.05) is 5.75 Å². The van der Waals surface area contributed by atoms with Crippen LogP contribution in [0.1, 0.15) is 20.9 Å². The monoisotopic (exact) mass is 384 g/mol. The van der Waals surface area contributed by atoms with Crippen LogP contribution < -0.4 is 15.6 Å². The van der Waals surface area contributed by atoms with Gasteiger partial charge in [-0.05, 0) is 36.8 Å². The van der Waals surface area contributed by atoms with Crippen LogP contribution in [0.2, 0.25) is 0 Å². The molecule has 1 amide bonds. The van der Waals surface area contributed by atoms with Crippen LogP contribution in [-0.4, -0.2) is 16.6 Å². The number of hydrogen-bond donors (Lipinski definition) is 2. The number of fused-ring (bicyclic) bond motifs is 1. The number of thiophene rings is 1. The summed E-state index contributed by atoms with van der Waals surface area (Å²) in [6, 6.07) is 15.0. The quantitative estimate of drug-likeness (QED) is 0.702. The molecule has 1 aliphatic rings. The highest BCUT2D eigenvalue weighted by atomic mass is 32.2. The van der Waals surface area contributed by atoms with Crippen LogP contribution in [0.25, 0.3) is 0 Å². The summed E-state index contributed by atoms with van der Waals surface area (Å²) in [5, 5.41) is 3.57. The van der Waals surface area contributed by atoms with Crippen molar-refractivity contribution in [2.45, 2.75) is 17.9 Å². The summed E-state index contributed by atoms with van der Waals surface area (Å²) in [4.78, 5) is 29.2. The Bertz CT molecular complexity index is 996. The van der Waals surface area contributed by atoms with Gasteiger partial charge in [-0.25, -0.2) is 0 Å². The molecule has 0 saturated carbocycles. The molecule has 0 spiro atoms. The Kier molecular flexibility index (Phi) is 4.81. The maximum atomic E-state index is 12.4. The van der Waals surface area contributed by atoms with Gasteiger partial charge in [0, 0.05) is 21.2 Å². The summed E-state index contributed by atoms with van der Waals surface area (Å²) in [6.45, 7) is 0.352. The van der Waals surface area contributed by atoms with Gasteiger partial charge in [-0.3, -0.25) is 9.59 Å². The molecule has 0 aliphatic carbocycles. The second kappa shape index (κ2) is 7.39. The first-order chi connectivity index (χ1) is 12.7. The molecule has 3 heterocycles. The summed E-state index contributed by atoms with van der Waals surface area (Å²) < 4.78 is 5.77. The van der Waals surface area contributed by atoms with Crippen LogP contribution in [0.4, 0.5) is 0 Å². The van der Waals surface area contributed by atoms with E-state index in [4.69, 9.17) is 4.74 Å². The molecule has 0 atom stereocenters. The Hall–Kier alpha value is -2.51. The number of pyridine rings is 1. The van der Waals surface area contributed by atoms with Crippen molar-refractivity contribution in [3.63, 3.8) is 0 Å². The number of carbonyl (C=O) groups excluding carboxylic acids is 1. The summed E-state index contributed by atoms with van der Waals surface area (Å²) in [7, 11) is 0. The van der Waals surface area contributed by atoms with E-state index in [9.17, 15) is 9.59 Å². The minimum Gasteiger partial charge on any atom is -0.447 e. The lowest BCUT2D eigenvalue weighted by Gasteiger charge is -2.05. The number of aromatic amines is 1. The zero-order chi connectivity index (χ0) is 17.9. The van der Waals surface area contributed by atoms with Gasteiger partial charge in [0.25, 0.3) is 11.5 Å². The fraction of sp³-hybridized carbons (Fsp3) is 0.158. The lowest BCUT2D eigenvalue weighted by molar-refractivity contribution is 0.0949. The Balaban J connectivity index is 1.40. The third-order valence-electron chi connectivity index (χ3n) is 3.96. The van der Waals surface area contributed by atoms with Crippen molar-refractivity contribution in [1.82, 2.24) is 10.3 Å². The van der Waals surface area contributed by atoms with E-state index in [0.29, 0.717) is 6.54 Å². The Morgan fingerprint density at radius 2 is 2.04 bits per heavy atom. The molecule has 1 aliphatic heterocycles. The average Bonchev–Trinajstić information content (AvgIpc) is 3.28. The van der Waals surface area contributed by atoms with Crippen molar-refractivity contribution < 1.29 is 9.53 Å². The van der Waals surface area contributed by atoms with Gasteiger partial charge in [-0.15, -0.1) is 23.1 Å². The number of H-pyrrole nitrogens is 1. The van der Waals surface area contributed by atoms with Crippen LogP contribution >= 0.6 is 23.1 Å². The molecule has 132 valence electrons. The molecule has 7 heteroatoms. The van der Waals surface area contributed by atoms with Gasteiger partial charge in [-0.1, -0.05) is 18.2 Å². The predicted octanol–water partition coefficient (Wildman–Crippen LogP) is 3.81. The number of benzene rings is 1. The van der Waals surface area contributed by atoms with Crippen LogP contribution in [0.15, 0.2) is 58.2 Å². The lowest BCUT2D eigenvalue weighted by Crippen LogP contribution is -2.29. The van der Waals surface area contributed by atoms with Crippen molar-refractivity contribution in [2.24, 2.45) is 0 Å². The minimum absolute atomic E-state index is 0.162. The first-order valence-corrected chi connectivity index (χ1v) is 9.98. The molecule has 0 fully saturated rings. The molecule has 5 nitrogen and oxygen atoms in total. The Morgan fingerprint density at radius 3 is 2.88 bits per heavy atom. The summed E-state index contributed by atoms with van der Waals surface area (Å²) in [5.41, 5.74) is 0.760. The zero-order valence-electron chi connectivity index (χ0n) is 13.8. The van der Waals surface area contributed by atoms with E-state index >= 15 is 0 Å². The third-order valence-corrected chi connectivity index (χ3v) is 6.00. The highest BCUT2D eigenvalue weighted by Gasteiger charge is 2.18. The van der Waals surface area contributed by atoms with E-state index in [0.717, 1.165) is 38.5 Å². The number of aromatic nitrogens is 1. The summed E-state index contributed by atoms with van der Waals surface area (Å²) >= 11 is 3.12. The number of thioether (sulfide) groups is 1. The molecule has 0 radical (unpaired) electrons. The highest BCUT2D eigenvalue weighted by Crippen LogP contribution is 2.30. The van der Waals surface area contributed by atoms with Crippen molar-refractivity contribution >= 4 is 29.0 Å². The predicted molar refractivity (Wildman–Crippen MR) is 103 cm³/mol. The van der Waals surface area contributed by atoms with Gasteiger partial charge in [-0.2, -0.15) is 0 Å². The van der Waals surface area contributed by atoms with Crippen LogP contribution in [0.3, 0.4) is 0 Å². The van der Waals surface area contributed by atoms with Gasteiger partial charge in [0.2, 0.25) is 0 Å². The summed E-state index contributed by atoms with van der Waals surface area (Å²) in [6.07, 6.45) is 0.844. The van der Waals surface area contributed by atoms with Gasteiger partial charge in [0.1, 0.15) is 11.3 Å². The Morgan fingerprint density at radius 1 is 1.19 bits per heavy atom. The van der Waals surface area contributed by atoms with Crippen molar-refractivity contribution in [1.29, 1.82) is 0 Å². The number of carbonyl (C=O) groups is 1. The smallest absolute Gasteiger partial charge is 0.261 e. The SMILES string of the molecule is O=C(NCc1ccc(Oc2ccccc2)s1)c1cc2c([nH]c1=O)CCS2. The molecule has 0 unspecified atom stereocenters. The number of para-hydroxylation sites is 1. The van der Waals surface area contributed by atoms with Crippen LogP contribution in [-0.2, 0) is 13.0 Å². The van der Waals surface area contributed by atoms with Gasteiger partial charge < -0.3 is 15.0 Å². The number of amides is 1. The molecular weight excluding hydrogens is 368 g/mol. The Labute approximate surface area is 158 Å². The van der Waals surface area contributed by atoms with Crippen LogP contribution in [0.5, 0.6) is 10.8 Å². The van der Waals surface area contributed by atoms with Gasteiger partial charge >= 0.3 is 0 Å². The lowest BCUT2D eigenvalue weighted by atomic mass is 10.2. The van der Waals surface area contributed by atoms with E-state index in [2.05, 4.69) is 10.3 Å². The molecule has 1 aromatic carbocycles. The highest BCUT2D eigenvalue weighted by molar-refractivity contribution is 7.99. The fourth-order valence-electron chi connectivity index (χ4n) is 2.67. The molecule has 4 rings (SSSR count). The second-order valence-electron chi connectivity index (χ2n) is 5.77. The molecule has 0 bridgehead atoms. The van der Waals surface area contributed by atoms with Crippen molar-refractivity contribution in [3.05, 3.63) is 75.0 Å². The average molecular weight is 384 g/mol. The number of rotatable bonds is 5. The van der Waals surface area contributed by atoms with E-state index in [1.165, 1.54) is 11.3 Å². The topological polar surface area (TPSA) is 71.2 Å². The molecule has 3 aromatic rings. The maximum absolute atomic E-state index is 12.4. The van der Waals surface area contributed by atoms with Crippen molar-refractivity contribution in [3.8, 4) is 10.8 Å². The minimum atomic E-state index is -0.361. The number of ether oxygens (including phenoxy) is 1. The first-order valence-electron chi connectivity index (χ1n) is 8.18. The van der Waals surface area contributed by atoms with Gasteiger partial charge in [0.05, 0.1) is 6.54 Å². The number of aryl methyl sites for hydroxylation is 1. The van der Waals surface area contributed by atoms with E-state index in [1.807, 2.05) is 42.5 Å². The van der Waals surface area contributed by atoms with E-state index in [-0.39, 0.29) is 17.0 Å². The third kappa shape index (κ3) is 3.68. The molecular formula is C19H16N2O3S2. The molecule has 0 saturated heterocycles. The van der Waals surface area contributed by atoms with Gasteiger partial charge in [0.15, 0.2) is 5.06 Å². The summed E-state index contributed by atoms with van der Waals surface area (Å²) in [5.74, 6) is 1.35. The number of hydrogen-bond acceptors (Lipinski definition) is 5. The number of nitrogens with one attached hydrogen (secondary N) is 2. The maximum Gasteiger partial charge on any atom is 0.261 e. The van der Waals surface area contributed by atoms with E-state index < -0.39 is 0 Å². The zero-order valence-corrected chi connectivity index (χ0v) is 15.4. The van der Waals surface area contributed by atoms with Crippen LogP contribution in [0, 0.1) is 0 Å². The second-order valence-corrected chi connectivity index (χ2v) is 8.04. The first kappa shape index (κ1) is 16.9. The normalized spacial score (nSPS) is 12.6. The molecule has 2 aromatic heterocycles. The largest absolute Gasteiger partial charge is 0.447 e.